The SMILES string of the molecule is Cc1cccc(C)c1-c1cc(OCC(CC2CC(C)(C)C2)NCc2cncc(Cl)n2)nc(NS(=O)(=O)c2cccc(C(=O)O)c2)n1.Cl. The fourth-order valence-electron chi connectivity index (χ4n) is 6.05. The van der Waals surface area contributed by atoms with Crippen LogP contribution in [0.4, 0.5) is 5.95 Å². The van der Waals surface area contributed by atoms with Gasteiger partial charge in [0.05, 0.1) is 28.0 Å². The van der Waals surface area contributed by atoms with Gasteiger partial charge in [-0.2, -0.15) is 4.98 Å². The molecule has 0 aliphatic heterocycles. The molecule has 1 aliphatic carbocycles. The van der Waals surface area contributed by atoms with Crippen LogP contribution >= 0.6 is 24.0 Å². The number of benzene rings is 2. The van der Waals surface area contributed by atoms with Gasteiger partial charge < -0.3 is 15.2 Å². The van der Waals surface area contributed by atoms with Crippen LogP contribution < -0.4 is 14.8 Å². The Morgan fingerprint density at radius 1 is 1.06 bits per heavy atom. The van der Waals surface area contributed by atoms with Crippen molar-refractivity contribution in [1.29, 1.82) is 0 Å². The molecule has 1 fully saturated rings. The number of nitrogens with one attached hydrogen (secondary N) is 2. The molecule has 4 aromatic rings. The molecule has 1 aliphatic rings. The normalized spacial score (nSPS) is 14.8. The number of ether oxygens (including phenoxy) is 1. The van der Waals surface area contributed by atoms with E-state index in [2.05, 4.69) is 43.8 Å². The van der Waals surface area contributed by atoms with E-state index in [0.717, 1.165) is 42.0 Å². The van der Waals surface area contributed by atoms with Crippen molar-refractivity contribution < 1.29 is 23.1 Å². The Labute approximate surface area is 286 Å². The minimum Gasteiger partial charge on any atom is -0.478 e. The quantitative estimate of drug-likeness (QED) is 0.141. The molecule has 47 heavy (non-hydrogen) atoms. The molecule has 3 N–H and O–H groups in total. The summed E-state index contributed by atoms with van der Waals surface area (Å²) in [5.74, 6) is -0.721. The molecule has 2 aromatic carbocycles. The number of rotatable bonds is 13. The summed E-state index contributed by atoms with van der Waals surface area (Å²) in [6.07, 6.45) is 6.24. The van der Waals surface area contributed by atoms with Gasteiger partial charge in [-0.15, -0.1) is 12.4 Å². The van der Waals surface area contributed by atoms with Crippen molar-refractivity contribution in [3.05, 3.63) is 88.5 Å². The molecule has 0 amide bonds. The molecule has 2 heterocycles. The molecule has 11 nitrogen and oxygen atoms in total. The van der Waals surface area contributed by atoms with Crippen molar-refractivity contribution in [2.75, 3.05) is 11.3 Å². The maximum absolute atomic E-state index is 13.3. The van der Waals surface area contributed by atoms with Gasteiger partial charge in [0.25, 0.3) is 10.0 Å². The lowest BCUT2D eigenvalue weighted by atomic mass is 9.63. The molecule has 14 heteroatoms. The van der Waals surface area contributed by atoms with Gasteiger partial charge in [-0.3, -0.25) is 4.98 Å². The number of carbonyl (C=O) groups is 1. The predicted octanol–water partition coefficient (Wildman–Crippen LogP) is 6.49. The minimum absolute atomic E-state index is 0. The number of aryl methyl sites for hydroxylation is 2. The van der Waals surface area contributed by atoms with E-state index in [1.807, 2.05) is 32.0 Å². The lowest BCUT2D eigenvalue weighted by Crippen LogP contribution is -2.41. The van der Waals surface area contributed by atoms with E-state index >= 15 is 0 Å². The van der Waals surface area contributed by atoms with E-state index in [1.165, 1.54) is 24.4 Å². The third-order valence-corrected chi connectivity index (χ3v) is 9.52. The first kappa shape index (κ1) is 36.0. The molecule has 2 aromatic heterocycles. The van der Waals surface area contributed by atoms with Crippen LogP contribution in [-0.2, 0) is 16.6 Å². The molecule has 0 bridgehead atoms. The number of carboxylic acids is 1. The summed E-state index contributed by atoms with van der Waals surface area (Å²) in [6, 6.07) is 12.5. The number of aromatic nitrogens is 4. The van der Waals surface area contributed by atoms with E-state index < -0.39 is 16.0 Å². The van der Waals surface area contributed by atoms with Crippen LogP contribution in [0, 0.1) is 25.2 Å². The second-order valence-corrected chi connectivity index (χ2v) is 14.6. The molecule has 1 atom stereocenters. The number of nitrogens with zero attached hydrogens (tertiary/aromatic N) is 4. The smallest absolute Gasteiger partial charge is 0.335 e. The largest absolute Gasteiger partial charge is 0.478 e. The number of sulfonamides is 1. The average Bonchev–Trinajstić information content (AvgIpc) is 2.97. The van der Waals surface area contributed by atoms with Gasteiger partial charge in [0.15, 0.2) is 0 Å². The van der Waals surface area contributed by atoms with Crippen LogP contribution in [0.3, 0.4) is 0 Å². The van der Waals surface area contributed by atoms with E-state index in [9.17, 15) is 18.3 Å². The second-order valence-electron chi connectivity index (χ2n) is 12.5. The van der Waals surface area contributed by atoms with Gasteiger partial charge in [0, 0.05) is 30.4 Å². The number of anilines is 1. The zero-order valence-electron chi connectivity index (χ0n) is 26.5. The monoisotopic (exact) mass is 700 g/mol. The predicted molar refractivity (Wildman–Crippen MR) is 183 cm³/mol. The van der Waals surface area contributed by atoms with E-state index in [4.69, 9.17) is 16.3 Å². The topological polar surface area (TPSA) is 156 Å². The number of aromatic carboxylic acids is 1. The van der Waals surface area contributed by atoms with Crippen LogP contribution in [0.25, 0.3) is 11.3 Å². The highest BCUT2D eigenvalue weighted by Gasteiger charge is 2.37. The molecule has 1 saturated carbocycles. The summed E-state index contributed by atoms with van der Waals surface area (Å²) in [7, 11) is -4.23. The molecule has 0 saturated heterocycles. The maximum atomic E-state index is 13.3. The highest BCUT2D eigenvalue weighted by atomic mass is 35.5. The van der Waals surface area contributed by atoms with E-state index in [0.29, 0.717) is 34.4 Å². The first-order valence-corrected chi connectivity index (χ1v) is 16.8. The molecule has 5 rings (SSSR count). The first-order chi connectivity index (χ1) is 21.8. The van der Waals surface area contributed by atoms with Crippen molar-refractivity contribution in [1.82, 2.24) is 25.3 Å². The Balaban J connectivity index is 0.00000500. The highest BCUT2D eigenvalue weighted by molar-refractivity contribution is 7.92. The average molecular weight is 702 g/mol. The van der Waals surface area contributed by atoms with Crippen LogP contribution in [-0.4, -0.2) is 52.1 Å². The van der Waals surface area contributed by atoms with Gasteiger partial charge in [0.1, 0.15) is 11.8 Å². The van der Waals surface area contributed by atoms with Crippen molar-refractivity contribution in [3.63, 3.8) is 0 Å². The molecule has 250 valence electrons. The van der Waals surface area contributed by atoms with Crippen LogP contribution in [0.1, 0.15) is 60.3 Å². The van der Waals surface area contributed by atoms with Crippen molar-refractivity contribution in [3.8, 4) is 17.1 Å². The zero-order chi connectivity index (χ0) is 33.1. The lowest BCUT2D eigenvalue weighted by molar-refractivity contribution is 0.0696. The summed E-state index contributed by atoms with van der Waals surface area (Å²) in [4.78, 5) is 28.7. The Hall–Kier alpha value is -3.84. The van der Waals surface area contributed by atoms with Gasteiger partial charge in [0.2, 0.25) is 11.8 Å². The summed E-state index contributed by atoms with van der Waals surface area (Å²) in [5, 5.41) is 13.2. The molecular formula is C33H38Cl2N6O5S. The van der Waals surface area contributed by atoms with Gasteiger partial charge in [-0.1, -0.05) is 49.7 Å². The fraction of sp³-hybridized carbons (Fsp3) is 0.364. The lowest BCUT2D eigenvalue weighted by Gasteiger charge is -2.44. The first-order valence-electron chi connectivity index (χ1n) is 14.9. The third kappa shape index (κ3) is 9.38. The number of hydrogen-bond donors (Lipinski definition) is 3. The minimum atomic E-state index is -4.23. The Morgan fingerprint density at radius 3 is 2.43 bits per heavy atom. The Morgan fingerprint density at radius 2 is 1.77 bits per heavy atom. The highest BCUT2D eigenvalue weighted by Crippen LogP contribution is 2.46. The third-order valence-electron chi connectivity index (χ3n) is 8.02. The van der Waals surface area contributed by atoms with Crippen LogP contribution in [0.15, 0.2) is 65.8 Å². The van der Waals surface area contributed by atoms with E-state index in [1.54, 1.807) is 12.3 Å². The molecule has 0 spiro atoms. The Bertz CT molecular complexity index is 1830. The van der Waals surface area contributed by atoms with Crippen molar-refractivity contribution in [2.45, 2.75) is 64.4 Å². The van der Waals surface area contributed by atoms with Gasteiger partial charge in [-0.05, 0) is 73.8 Å². The standard InChI is InChI=1S/C33H37ClN6O5S.ClH/c1-20-7-5-8-21(2)30(20)27-13-29(39-32(38-27)40-46(43,44)26-10-6-9-23(12-26)31(41)42)45-19-24(11-22-14-33(3,4)15-22)36-17-25-16-35-18-28(34)37-25;/h5-10,12-13,16,18,22,24,36H,11,14-15,17,19H2,1-4H3,(H,41,42)(H,38,39,40);1H. The summed E-state index contributed by atoms with van der Waals surface area (Å²) >= 11 is 6.04. The second kappa shape index (κ2) is 14.9. The molecular weight excluding hydrogens is 663 g/mol. The molecule has 0 radical (unpaired) electrons. The summed E-state index contributed by atoms with van der Waals surface area (Å²) in [6.45, 7) is 9.12. The van der Waals surface area contributed by atoms with Crippen LogP contribution in [0.5, 0.6) is 5.88 Å². The number of hydrogen-bond acceptors (Lipinski definition) is 9. The van der Waals surface area contributed by atoms with E-state index in [-0.39, 0.29) is 47.3 Å². The Kier molecular flexibility index (Phi) is 11.4. The van der Waals surface area contributed by atoms with Crippen molar-refractivity contribution in [2.24, 2.45) is 11.3 Å². The van der Waals surface area contributed by atoms with Gasteiger partial charge >= 0.3 is 5.97 Å². The number of carboxylic acid groups (broad SMARTS) is 1. The maximum Gasteiger partial charge on any atom is 0.335 e. The van der Waals surface area contributed by atoms with Crippen molar-refractivity contribution >= 4 is 45.9 Å². The van der Waals surface area contributed by atoms with Gasteiger partial charge in [-0.25, -0.2) is 27.9 Å². The summed E-state index contributed by atoms with van der Waals surface area (Å²) < 4.78 is 35.4. The fourth-order valence-corrected chi connectivity index (χ4v) is 7.20. The van der Waals surface area contributed by atoms with Crippen LogP contribution in [0.2, 0.25) is 5.15 Å². The summed E-state index contributed by atoms with van der Waals surface area (Å²) in [5.41, 5.74) is 4.07. The molecule has 1 unspecified atom stereocenters. The zero-order valence-corrected chi connectivity index (χ0v) is 28.9. The number of halogens is 2.